The monoisotopic (exact) mass is 312 g/mol. The van der Waals surface area contributed by atoms with Crippen LogP contribution in [-0.2, 0) is 10.0 Å². The quantitative estimate of drug-likeness (QED) is 0.760. The molecule has 0 radical (unpaired) electrons. The third kappa shape index (κ3) is 4.20. The van der Waals surface area contributed by atoms with Gasteiger partial charge in [0.05, 0.1) is 19.4 Å². The maximum Gasteiger partial charge on any atom is 0.208 e. The van der Waals surface area contributed by atoms with Gasteiger partial charge < -0.3 is 14.5 Å². The number of furan rings is 1. The Kier molecular flexibility index (Phi) is 4.87. The molecular formula is C14H20N2O4S. The smallest absolute Gasteiger partial charge is 0.208 e. The van der Waals surface area contributed by atoms with E-state index in [0.29, 0.717) is 18.8 Å². The second kappa shape index (κ2) is 6.46. The van der Waals surface area contributed by atoms with Crippen molar-refractivity contribution in [2.75, 3.05) is 26.5 Å². The van der Waals surface area contributed by atoms with E-state index in [0.717, 1.165) is 23.0 Å². The summed E-state index contributed by atoms with van der Waals surface area (Å²) in [6.45, 7) is 2.82. The number of para-hydroxylation sites is 1. The van der Waals surface area contributed by atoms with Crippen molar-refractivity contribution >= 4 is 21.0 Å². The van der Waals surface area contributed by atoms with Crippen molar-refractivity contribution in [1.29, 1.82) is 0 Å². The Morgan fingerprint density at radius 1 is 1.33 bits per heavy atom. The average molecular weight is 312 g/mol. The number of fused-ring (bicyclic) bond motifs is 1. The molecule has 0 bridgehead atoms. The average Bonchev–Trinajstić information content (AvgIpc) is 2.86. The highest BCUT2D eigenvalue weighted by Crippen LogP contribution is 2.30. The molecule has 0 amide bonds. The largest absolute Gasteiger partial charge is 0.493 e. The molecule has 0 saturated heterocycles. The number of hydrogen-bond acceptors (Lipinski definition) is 5. The van der Waals surface area contributed by atoms with Crippen LogP contribution in [0.25, 0.3) is 11.0 Å². The lowest BCUT2D eigenvalue weighted by Crippen LogP contribution is -2.32. The highest BCUT2D eigenvalue weighted by atomic mass is 32.2. The second-order valence-corrected chi connectivity index (χ2v) is 6.70. The Balaban J connectivity index is 2.01. The topological polar surface area (TPSA) is 80.6 Å². The summed E-state index contributed by atoms with van der Waals surface area (Å²) in [5, 5.41) is 4.19. The van der Waals surface area contributed by atoms with E-state index in [2.05, 4.69) is 10.0 Å². The molecule has 1 atom stereocenters. The van der Waals surface area contributed by atoms with Gasteiger partial charge in [0.15, 0.2) is 11.3 Å². The molecule has 21 heavy (non-hydrogen) atoms. The summed E-state index contributed by atoms with van der Waals surface area (Å²) in [5.41, 5.74) is 0.720. The maximum atomic E-state index is 11.0. The minimum atomic E-state index is -3.15. The molecule has 0 aliphatic carbocycles. The van der Waals surface area contributed by atoms with Crippen LogP contribution in [0.3, 0.4) is 0 Å². The zero-order chi connectivity index (χ0) is 15.5. The fourth-order valence-corrected chi connectivity index (χ4v) is 2.53. The normalized spacial score (nSPS) is 13.5. The maximum absolute atomic E-state index is 11.0. The molecule has 0 aliphatic rings. The molecule has 2 rings (SSSR count). The van der Waals surface area contributed by atoms with Crippen LogP contribution in [0, 0.1) is 0 Å². The van der Waals surface area contributed by atoms with Gasteiger partial charge >= 0.3 is 0 Å². The van der Waals surface area contributed by atoms with Gasteiger partial charge in [-0.15, -0.1) is 0 Å². The van der Waals surface area contributed by atoms with Crippen LogP contribution in [0.1, 0.15) is 18.7 Å². The van der Waals surface area contributed by atoms with Crippen LogP contribution >= 0.6 is 0 Å². The summed E-state index contributed by atoms with van der Waals surface area (Å²) in [4.78, 5) is 0. The Bertz CT molecular complexity index is 709. The molecule has 1 aromatic carbocycles. The first-order chi connectivity index (χ1) is 9.90. The Morgan fingerprint density at radius 3 is 2.76 bits per heavy atom. The number of rotatable bonds is 7. The van der Waals surface area contributed by atoms with Gasteiger partial charge in [-0.25, -0.2) is 13.1 Å². The van der Waals surface area contributed by atoms with E-state index in [-0.39, 0.29) is 6.04 Å². The molecule has 1 unspecified atom stereocenters. The van der Waals surface area contributed by atoms with E-state index >= 15 is 0 Å². The van der Waals surface area contributed by atoms with Gasteiger partial charge in [0.2, 0.25) is 10.0 Å². The van der Waals surface area contributed by atoms with Crippen molar-refractivity contribution in [2.45, 2.75) is 13.0 Å². The lowest BCUT2D eigenvalue weighted by molar-refractivity contribution is 0.400. The fraction of sp³-hybridized carbons (Fsp3) is 0.429. The van der Waals surface area contributed by atoms with Crippen molar-refractivity contribution in [3.8, 4) is 5.75 Å². The predicted octanol–water partition coefficient (Wildman–Crippen LogP) is 1.64. The summed E-state index contributed by atoms with van der Waals surface area (Å²) in [6, 6.07) is 7.66. The van der Waals surface area contributed by atoms with E-state index in [1.54, 1.807) is 7.11 Å². The number of ether oxygens (including phenoxy) is 1. The number of hydrogen-bond donors (Lipinski definition) is 2. The van der Waals surface area contributed by atoms with Crippen LogP contribution in [0.15, 0.2) is 28.7 Å². The fourth-order valence-electron chi connectivity index (χ4n) is 2.06. The molecule has 0 aliphatic heterocycles. The predicted molar refractivity (Wildman–Crippen MR) is 82.0 cm³/mol. The van der Waals surface area contributed by atoms with Crippen molar-refractivity contribution in [3.05, 3.63) is 30.0 Å². The molecule has 7 heteroatoms. The highest BCUT2D eigenvalue weighted by molar-refractivity contribution is 7.88. The minimum absolute atomic E-state index is 0.0246. The summed E-state index contributed by atoms with van der Waals surface area (Å²) in [6.07, 6.45) is 1.14. The molecule has 1 heterocycles. The van der Waals surface area contributed by atoms with E-state index in [4.69, 9.17) is 9.15 Å². The molecule has 6 nitrogen and oxygen atoms in total. The van der Waals surface area contributed by atoms with Crippen LogP contribution in [0.2, 0.25) is 0 Å². The first-order valence-electron chi connectivity index (χ1n) is 6.65. The molecule has 2 N–H and O–H groups in total. The van der Waals surface area contributed by atoms with Gasteiger partial charge in [-0.1, -0.05) is 12.1 Å². The molecule has 1 aromatic heterocycles. The Hall–Kier alpha value is -1.57. The summed E-state index contributed by atoms with van der Waals surface area (Å²) >= 11 is 0. The van der Waals surface area contributed by atoms with Crippen molar-refractivity contribution < 1.29 is 17.6 Å². The third-order valence-corrected chi connectivity index (χ3v) is 3.84. The summed E-state index contributed by atoms with van der Waals surface area (Å²) in [7, 11) is -1.54. The molecule has 116 valence electrons. The molecule has 2 aromatic rings. The Morgan fingerprint density at radius 2 is 2.10 bits per heavy atom. The first-order valence-corrected chi connectivity index (χ1v) is 8.54. The van der Waals surface area contributed by atoms with Gasteiger partial charge in [-0.2, -0.15) is 0 Å². The molecule has 0 spiro atoms. The van der Waals surface area contributed by atoms with Gasteiger partial charge in [0.25, 0.3) is 0 Å². The van der Waals surface area contributed by atoms with Crippen LogP contribution in [0.4, 0.5) is 0 Å². The third-order valence-electron chi connectivity index (χ3n) is 3.11. The van der Waals surface area contributed by atoms with Crippen molar-refractivity contribution in [2.24, 2.45) is 0 Å². The number of methoxy groups -OCH3 is 1. The zero-order valence-corrected chi connectivity index (χ0v) is 13.2. The van der Waals surface area contributed by atoms with Crippen LogP contribution < -0.4 is 14.8 Å². The molecule has 0 fully saturated rings. The van der Waals surface area contributed by atoms with Gasteiger partial charge in [-0.05, 0) is 19.1 Å². The van der Waals surface area contributed by atoms with Gasteiger partial charge in [-0.3, -0.25) is 0 Å². The zero-order valence-electron chi connectivity index (χ0n) is 12.3. The van der Waals surface area contributed by atoms with Crippen molar-refractivity contribution in [3.63, 3.8) is 0 Å². The molecule has 0 saturated carbocycles. The summed E-state index contributed by atoms with van der Waals surface area (Å²) in [5.74, 6) is 1.48. The lowest BCUT2D eigenvalue weighted by atomic mass is 10.2. The summed E-state index contributed by atoms with van der Waals surface area (Å²) < 4.78 is 35.4. The molecular weight excluding hydrogens is 292 g/mol. The first kappa shape index (κ1) is 15.8. The Labute approximate surface area is 124 Å². The van der Waals surface area contributed by atoms with Crippen molar-refractivity contribution in [1.82, 2.24) is 10.0 Å². The van der Waals surface area contributed by atoms with Crippen LogP contribution in [-0.4, -0.2) is 34.9 Å². The van der Waals surface area contributed by atoms with E-state index in [1.807, 2.05) is 31.2 Å². The van der Waals surface area contributed by atoms with E-state index in [1.165, 1.54) is 0 Å². The van der Waals surface area contributed by atoms with Gasteiger partial charge in [0, 0.05) is 18.5 Å². The minimum Gasteiger partial charge on any atom is -0.493 e. The number of benzene rings is 1. The second-order valence-electron chi connectivity index (χ2n) is 4.87. The van der Waals surface area contributed by atoms with E-state index < -0.39 is 10.0 Å². The van der Waals surface area contributed by atoms with Crippen LogP contribution in [0.5, 0.6) is 5.75 Å². The SMILES string of the molecule is COc1cccc2cc(C(C)NCCNS(C)(=O)=O)oc12. The van der Waals surface area contributed by atoms with Gasteiger partial charge in [0.1, 0.15) is 5.76 Å². The highest BCUT2D eigenvalue weighted by Gasteiger charge is 2.13. The standard InChI is InChI=1S/C14H20N2O4S/c1-10(15-7-8-16-21(3,17)18)13-9-11-5-4-6-12(19-2)14(11)20-13/h4-6,9-10,15-16H,7-8H2,1-3H3. The lowest BCUT2D eigenvalue weighted by Gasteiger charge is -2.11. The number of sulfonamides is 1. The number of nitrogens with one attached hydrogen (secondary N) is 2. The van der Waals surface area contributed by atoms with E-state index in [9.17, 15) is 8.42 Å².